The SMILES string of the molecule is NC(=O)CCCCCCCCC(=O)N1CCCCCCCC1. The van der Waals surface area contributed by atoms with Crippen LogP contribution < -0.4 is 5.73 Å². The number of hydrogen-bond donors (Lipinski definition) is 1. The van der Waals surface area contributed by atoms with Crippen LogP contribution in [0.2, 0.25) is 0 Å². The lowest BCUT2D eigenvalue weighted by atomic mass is 10.1. The summed E-state index contributed by atoms with van der Waals surface area (Å²) in [6.45, 7) is 1.93. The largest absolute Gasteiger partial charge is 0.370 e. The second-order valence-corrected chi connectivity index (χ2v) is 6.59. The minimum atomic E-state index is -0.199. The average molecular weight is 310 g/mol. The van der Waals surface area contributed by atoms with Gasteiger partial charge in [-0.15, -0.1) is 0 Å². The Kier molecular flexibility index (Phi) is 10.8. The van der Waals surface area contributed by atoms with E-state index >= 15 is 0 Å². The molecule has 1 rings (SSSR count). The third-order valence-corrected chi connectivity index (χ3v) is 4.52. The van der Waals surface area contributed by atoms with E-state index in [1.807, 2.05) is 0 Å². The van der Waals surface area contributed by atoms with Crippen LogP contribution in [0.1, 0.15) is 89.9 Å². The van der Waals surface area contributed by atoms with Crippen molar-refractivity contribution >= 4 is 11.8 Å². The monoisotopic (exact) mass is 310 g/mol. The van der Waals surface area contributed by atoms with Crippen LogP contribution in [-0.2, 0) is 9.59 Å². The molecule has 22 heavy (non-hydrogen) atoms. The number of amides is 2. The molecular formula is C18H34N2O2. The van der Waals surface area contributed by atoms with Gasteiger partial charge in [0.1, 0.15) is 0 Å². The van der Waals surface area contributed by atoms with Gasteiger partial charge in [-0.1, -0.05) is 51.4 Å². The van der Waals surface area contributed by atoms with E-state index in [4.69, 9.17) is 5.73 Å². The number of primary amides is 1. The maximum absolute atomic E-state index is 12.3. The highest BCUT2D eigenvalue weighted by atomic mass is 16.2. The second kappa shape index (κ2) is 12.5. The fourth-order valence-electron chi connectivity index (χ4n) is 3.11. The van der Waals surface area contributed by atoms with E-state index in [0.29, 0.717) is 18.7 Å². The molecule has 1 saturated heterocycles. The minimum Gasteiger partial charge on any atom is -0.370 e. The second-order valence-electron chi connectivity index (χ2n) is 6.59. The highest BCUT2D eigenvalue weighted by Gasteiger charge is 2.13. The summed E-state index contributed by atoms with van der Waals surface area (Å²) < 4.78 is 0. The van der Waals surface area contributed by atoms with Gasteiger partial charge in [0.2, 0.25) is 11.8 Å². The Labute approximate surface area is 135 Å². The molecule has 2 amide bonds. The van der Waals surface area contributed by atoms with Gasteiger partial charge in [0.05, 0.1) is 0 Å². The van der Waals surface area contributed by atoms with Crippen molar-refractivity contribution in [2.75, 3.05) is 13.1 Å². The third kappa shape index (κ3) is 9.80. The van der Waals surface area contributed by atoms with Gasteiger partial charge in [-0.3, -0.25) is 9.59 Å². The van der Waals surface area contributed by atoms with E-state index in [9.17, 15) is 9.59 Å². The maximum Gasteiger partial charge on any atom is 0.222 e. The summed E-state index contributed by atoms with van der Waals surface area (Å²) in [5.41, 5.74) is 5.11. The van der Waals surface area contributed by atoms with Crippen LogP contribution in [0.5, 0.6) is 0 Å². The van der Waals surface area contributed by atoms with Gasteiger partial charge in [0.15, 0.2) is 0 Å². The fraction of sp³-hybridized carbons (Fsp3) is 0.889. The predicted molar refractivity (Wildman–Crippen MR) is 90.4 cm³/mol. The lowest BCUT2D eigenvalue weighted by molar-refractivity contribution is -0.131. The Morgan fingerprint density at radius 1 is 0.682 bits per heavy atom. The molecule has 0 aliphatic carbocycles. The first-order valence-electron chi connectivity index (χ1n) is 9.26. The van der Waals surface area contributed by atoms with Gasteiger partial charge in [-0.25, -0.2) is 0 Å². The number of carbonyl (C=O) groups excluding carboxylic acids is 2. The standard InChI is InChI=1S/C18H34N2O2/c19-17(21)13-9-5-1-2-6-10-14-18(22)20-15-11-7-3-4-8-12-16-20/h1-16H2,(H2,19,21). The van der Waals surface area contributed by atoms with Gasteiger partial charge in [0.25, 0.3) is 0 Å². The molecule has 0 unspecified atom stereocenters. The Balaban J connectivity index is 2.02. The van der Waals surface area contributed by atoms with Gasteiger partial charge >= 0.3 is 0 Å². The Morgan fingerprint density at radius 3 is 1.68 bits per heavy atom. The van der Waals surface area contributed by atoms with E-state index in [0.717, 1.165) is 51.6 Å². The molecule has 2 N–H and O–H groups in total. The molecule has 4 nitrogen and oxygen atoms in total. The van der Waals surface area contributed by atoms with Crippen molar-refractivity contribution in [2.24, 2.45) is 5.73 Å². The Hall–Kier alpha value is -1.06. The van der Waals surface area contributed by atoms with Gasteiger partial charge in [-0.05, 0) is 25.7 Å². The fourth-order valence-corrected chi connectivity index (χ4v) is 3.11. The number of nitrogens with zero attached hydrogens (tertiary/aromatic N) is 1. The van der Waals surface area contributed by atoms with Crippen LogP contribution in [0, 0.1) is 0 Å². The number of nitrogens with two attached hydrogens (primary N) is 1. The zero-order valence-electron chi connectivity index (χ0n) is 14.2. The molecule has 0 aromatic carbocycles. The molecule has 0 bridgehead atoms. The number of rotatable bonds is 9. The normalized spacial score (nSPS) is 16.6. The predicted octanol–water partition coefficient (Wildman–Crippen LogP) is 3.78. The van der Waals surface area contributed by atoms with Gasteiger partial charge in [0, 0.05) is 25.9 Å². The highest BCUT2D eigenvalue weighted by Crippen LogP contribution is 2.14. The van der Waals surface area contributed by atoms with Crippen molar-refractivity contribution < 1.29 is 9.59 Å². The molecule has 0 atom stereocenters. The van der Waals surface area contributed by atoms with Crippen LogP contribution in [0.25, 0.3) is 0 Å². The van der Waals surface area contributed by atoms with Crippen LogP contribution in [0.15, 0.2) is 0 Å². The molecule has 1 heterocycles. The molecule has 128 valence electrons. The highest BCUT2D eigenvalue weighted by molar-refractivity contribution is 5.76. The van der Waals surface area contributed by atoms with Crippen LogP contribution in [0.3, 0.4) is 0 Å². The molecule has 0 saturated carbocycles. The quantitative estimate of drug-likeness (QED) is 0.659. The van der Waals surface area contributed by atoms with Crippen LogP contribution in [0.4, 0.5) is 0 Å². The molecule has 1 aliphatic heterocycles. The third-order valence-electron chi connectivity index (χ3n) is 4.52. The topological polar surface area (TPSA) is 63.4 Å². The van der Waals surface area contributed by atoms with Crippen molar-refractivity contribution in [2.45, 2.75) is 89.9 Å². The molecule has 0 radical (unpaired) electrons. The van der Waals surface area contributed by atoms with E-state index in [1.54, 1.807) is 0 Å². The first-order valence-corrected chi connectivity index (χ1v) is 9.26. The average Bonchev–Trinajstić information content (AvgIpc) is 2.63. The molecule has 0 spiro atoms. The first-order chi connectivity index (χ1) is 10.7. The summed E-state index contributed by atoms with van der Waals surface area (Å²) in [7, 11) is 0. The molecule has 0 aromatic rings. The summed E-state index contributed by atoms with van der Waals surface area (Å²) in [5.74, 6) is 0.158. The van der Waals surface area contributed by atoms with Crippen LogP contribution in [-0.4, -0.2) is 29.8 Å². The molecule has 1 fully saturated rings. The lowest BCUT2D eigenvalue weighted by Crippen LogP contribution is -2.32. The maximum atomic E-state index is 12.3. The smallest absolute Gasteiger partial charge is 0.222 e. The van der Waals surface area contributed by atoms with Crippen LogP contribution >= 0.6 is 0 Å². The minimum absolute atomic E-state index is 0.199. The number of carbonyl (C=O) groups is 2. The van der Waals surface area contributed by atoms with Crippen molar-refractivity contribution in [3.63, 3.8) is 0 Å². The van der Waals surface area contributed by atoms with Crippen molar-refractivity contribution in [1.82, 2.24) is 4.90 Å². The van der Waals surface area contributed by atoms with E-state index in [-0.39, 0.29) is 5.91 Å². The summed E-state index contributed by atoms with van der Waals surface area (Å²) >= 11 is 0. The summed E-state index contributed by atoms with van der Waals surface area (Å²) in [5, 5.41) is 0. The molecular weight excluding hydrogens is 276 g/mol. The van der Waals surface area contributed by atoms with Crippen molar-refractivity contribution in [1.29, 1.82) is 0 Å². The van der Waals surface area contributed by atoms with Crippen molar-refractivity contribution in [3.05, 3.63) is 0 Å². The summed E-state index contributed by atoms with van der Waals surface area (Å²) in [4.78, 5) is 25.0. The molecule has 4 heteroatoms. The number of hydrogen-bond acceptors (Lipinski definition) is 2. The van der Waals surface area contributed by atoms with Crippen molar-refractivity contribution in [3.8, 4) is 0 Å². The van der Waals surface area contributed by atoms with E-state index < -0.39 is 0 Å². The Morgan fingerprint density at radius 2 is 1.14 bits per heavy atom. The molecule has 1 aliphatic rings. The zero-order valence-corrected chi connectivity index (χ0v) is 14.2. The summed E-state index contributed by atoms with van der Waals surface area (Å²) in [6.07, 6.45) is 15.2. The first kappa shape index (κ1) is 19.0. The number of unbranched alkanes of at least 4 members (excludes halogenated alkanes) is 5. The van der Waals surface area contributed by atoms with Gasteiger partial charge in [-0.2, -0.15) is 0 Å². The molecule has 0 aromatic heterocycles. The Bertz CT molecular complexity index is 308. The van der Waals surface area contributed by atoms with E-state index in [1.165, 1.54) is 38.5 Å². The lowest BCUT2D eigenvalue weighted by Gasteiger charge is -2.22. The van der Waals surface area contributed by atoms with Gasteiger partial charge < -0.3 is 10.6 Å². The van der Waals surface area contributed by atoms with E-state index in [2.05, 4.69) is 4.90 Å². The zero-order chi connectivity index (χ0) is 16.0. The summed E-state index contributed by atoms with van der Waals surface area (Å²) in [6, 6.07) is 0.